The van der Waals surface area contributed by atoms with Gasteiger partial charge >= 0.3 is 0 Å². The maximum atomic E-state index is 10.4. The number of phenolic OH excluding ortho intramolecular Hbond substituents is 1. The molecule has 0 heterocycles. The Hall–Kier alpha value is -0.500. The Kier molecular flexibility index (Phi) is 5.02. The molecule has 9 rings (SSSR count). The third-order valence-electron chi connectivity index (χ3n) is 14.3. The normalized spacial score (nSPS) is 52.3. The lowest BCUT2D eigenvalue weighted by molar-refractivity contribution is -0.281. The molecule has 1 aromatic rings. The van der Waals surface area contributed by atoms with Gasteiger partial charge in [-0.3, -0.25) is 0 Å². The summed E-state index contributed by atoms with van der Waals surface area (Å²) in [4.78, 5) is 0. The number of hydrogen-bond acceptors (Lipinski definition) is 1. The summed E-state index contributed by atoms with van der Waals surface area (Å²) in [6, 6.07) is 6.61. The zero-order valence-corrected chi connectivity index (χ0v) is 25.0. The fourth-order valence-corrected chi connectivity index (χ4v) is 14.1. The van der Waals surface area contributed by atoms with Gasteiger partial charge < -0.3 is 5.11 Å². The minimum absolute atomic E-state index is 0.291. The Morgan fingerprint density at radius 2 is 1.19 bits per heavy atom. The second-order valence-electron chi connectivity index (χ2n) is 16.0. The van der Waals surface area contributed by atoms with Crippen molar-refractivity contribution in [2.24, 2.45) is 38.4 Å². The van der Waals surface area contributed by atoms with Crippen molar-refractivity contribution < 1.29 is 5.11 Å². The lowest BCUT2D eigenvalue weighted by Crippen LogP contribution is -2.70. The molecule has 0 amide bonds. The van der Waals surface area contributed by atoms with Crippen LogP contribution in [-0.4, -0.2) is 5.11 Å². The monoisotopic (exact) mass is 552 g/mol. The fraction of sp³-hybridized carbons (Fsp3) is 0.824. The van der Waals surface area contributed by atoms with Crippen LogP contribution in [0.25, 0.3) is 0 Å². The zero-order valence-electron chi connectivity index (χ0n) is 23.4. The predicted octanol–water partition coefficient (Wildman–Crippen LogP) is 10.3. The van der Waals surface area contributed by atoms with E-state index in [1.54, 1.807) is 19.3 Å². The molecule has 4 unspecified atom stereocenters. The van der Waals surface area contributed by atoms with Gasteiger partial charge in [0.15, 0.2) is 0 Å². The predicted molar refractivity (Wildman–Crippen MR) is 152 cm³/mol. The van der Waals surface area contributed by atoms with Crippen LogP contribution in [0.1, 0.15) is 136 Å². The molecule has 0 aliphatic heterocycles. The van der Waals surface area contributed by atoms with Crippen LogP contribution in [0.5, 0.6) is 5.75 Å². The number of phenols is 1. The average Bonchev–Trinajstić information content (AvgIpc) is 2.84. The maximum absolute atomic E-state index is 10.4. The molecule has 0 radical (unpaired) electrons. The highest BCUT2D eigenvalue weighted by Crippen LogP contribution is 2.85. The molecule has 198 valence electrons. The number of hydrogen-bond donors (Lipinski definition) is 1. The van der Waals surface area contributed by atoms with E-state index in [1.807, 2.05) is 6.07 Å². The largest absolute Gasteiger partial charge is 0.507 e. The highest BCUT2D eigenvalue weighted by molar-refractivity contribution is 9.10. The summed E-state index contributed by atoms with van der Waals surface area (Å²) in [6.07, 6.45) is 23.5. The molecule has 8 aliphatic carbocycles. The third kappa shape index (κ3) is 3.01. The number of benzene rings is 1. The molecule has 2 heteroatoms. The van der Waals surface area contributed by atoms with Gasteiger partial charge in [0.1, 0.15) is 5.75 Å². The lowest BCUT2D eigenvalue weighted by Gasteiger charge is -2.79. The highest BCUT2D eigenvalue weighted by atomic mass is 79.9. The maximum Gasteiger partial charge on any atom is 0.129 e. The molecule has 8 aliphatic rings. The first-order valence-corrected chi connectivity index (χ1v) is 16.3. The standard InChI is InChI=1S/C34H49BrO/c1-5-28-12-24-13-29(6-2,15-28)20-33(14-24,19-28)34-21-30(7-3)16-31(8-4,22-34)18-32(17-30,23-34)25-9-10-27(36)26(35)11-25/h9-11,24,36H,5-8,12-23H2,1-4H3. The van der Waals surface area contributed by atoms with Crippen LogP contribution in [0.2, 0.25) is 0 Å². The molecule has 0 saturated heterocycles. The number of aromatic hydroxyl groups is 1. The SMILES string of the molecule is CCC12CC3CC(CC)(C1)CC(C14CC5(CC)CC(CC)(CC(c6ccc(O)c(Br)c6)(C5)C1)C4)(C3)C2. The van der Waals surface area contributed by atoms with Crippen molar-refractivity contribution >= 4 is 15.9 Å². The summed E-state index contributed by atoms with van der Waals surface area (Å²) >= 11 is 3.71. The number of halogens is 1. The Bertz CT molecular complexity index is 1050. The molecule has 1 aromatic carbocycles. The number of rotatable bonds is 6. The van der Waals surface area contributed by atoms with Gasteiger partial charge in [0.25, 0.3) is 0 Å². The van der Waals surface area contributed by atoms with Crippen molar-refractivity contribution in [3.63, 3.8) is 0 Å². The Balaban J connectivity index is 1.42. The van der Waals surface area contributed by atoms with E-state index in [9.17, 15) is 5.11 Å². The van der Waals surface area contributed by atoms with E-state index in [0.29, 0.717) is 43.7 Å². The van der Waals surface area contributed by atoms with Gasteiger partial charge in [-0.2, -0.15) is 0 Å². The van der Waals surface area contributed by atoms with Gasteiger partial charge in [-0.15, -0.1) is 0 Å². The first-order chi connectivity index (χ1) is 17.1. The van der Waals surface area contributed by atoms with Gasteiger partial charge in [0.05, 0.1) is 4.47 Å². The molecule has 8 bridgehead atoms. The van der Waals surface area contributed by atoms with Crippen molar-refractivity contribution in [3.8, 4) is 5.75 Å². The molecule has 4 atom stereocenters. The van der Waals surface area contributed by atoms with Crippen LogP contribution in [-0.2, 0) is 5.41 Å². The molecule has 8 fully saturated rings. The first-order valence-electron chi connectivity index (χ1n) is 15.5. The summed E-state index contributed by atoms with van der Waals surface area (Å²) in [7, 11) is 0. The van der Waals surface area contributed by atoms with Crippen LogP contribution in [0, 0.1) is 38.4 Å². The summed E-state index contributed by atoms with van der Waals surface area (Å²) in [5, 5.41) is 10.4. The van der Waals surface area contributed by atoms with Gasteiger partial charge in [0.2, 0.25) is 0 Å². The fourth-order valence-electron chi connectivity index (χ4n) is 13.7. The summed E-state index contributed by atoms with van der Waals surface area (Å²) in [5.41, 5.74) is 5.19. The van der Waals surface area contributed by atoms with E-state index in [-0.39, 0.29) is 0 Å². The summed E-state index contributed by atoms with van der Waals surface area (Å²) in [5.74, 6) is 1.38. The van der Waals surface area contributed by atoms with Gasteiger partial charge in [0, 0.05) is 0 Å². The molecule has 1 nitrogen and oxygen atoms in total. The Morgan fingerprint density at radius 3 is 1.72 bits per heavy atom. The third-order valence-corrected chi connectivity index (χ3v) is 14.9. The van der Waals surface area contributed by atoms with E-state index in [2.05, 4.69) is 55.8 Å². The van der Waals surface area contributed by atoms with E-state index in [0.717, 1.165) is 10.4 Å². The molecule has 1 N–H and O–H groups in total. The summed E-state index contributed by atoms with van der Waals surface area (Å²) in [6.45, 7) is 10.2. The molecule has 8 saturated carbocycles. The summed E-state index contributed by atoms with van der Waals surface area (Å²) < 4.78 is 0.894. The zero-order chi connectivity index (χ0) is 25.2. The molecule has 0 spiro atoms. The second-order valence-corrected chi connectivity index (χ2v) is 16.8. The minimum atomic E-state index is 0.291. The van der Waals surface area contributed by atoms with Crippen molar-refractivity contribution in [2.45, 2.75) is 136 Å². The smallest absolute Gasteiger partial charge is 0.129 e. The van der Waals surface area contributed by atoms with Crippen molar-refractivity contribution in [3.05, 3.63) is 28.2 Å². The van der Waals surface area contributed by atoms with Gasteiger partial charge in [-0.1, -0.05) is 59.4 Å². The molecule has 36 heavy (non-hydrogen) atoms. The van der Waals surface area contributed by atoms with Crippen molar-refractivity contribution in [1.29, 1.82) is 0 Å². The van der Waals surface area contributed by atoms with Crippen LogP contribution in [0.15, 0.2) is 22.7 Å². The van der Waals surface area contributed by atoms with Crippen LogP contribution in [0.3, 0.4) is 0 Å². The Morgan fingerprint density at radius 1 is 0.667 bits per heavy atom. The lowest BCUT2D eigenvalue weighted by atomic mass is 9.25. The van der Waals surface area contributed by atoms with Crippen LogP contribution in [0.4, 0.5) is 0 Å². The second kappa shape index (κ2) is 7.37. The topological polar surface area (TPSA) is 20.2 Å². The van der Waals surface area contributed by atoms with E-state index < -0.39 is 0 Å². The Labute approximate surface area is 228 Å². The van der Waals surface area contributed by atoms with Crippen LogP contribution < -0.4 is 0 Å². The van der Waals surface area contributed by atoms with Crippen LogP contribution >= 0.6 is 15.9 Å². The van der Waals surface area contributed by atoms with Crippen molar-refractivity contribution in [2.75, 3.05) is 0 Å². The first kappa shape index (κ1) is 24.5. The average molecular weight is 554 g/mol. The van der Waals surface area contributed by atoms with E-state index in [1.165, 1.54) is 89.0 Å². The highest BCUT2D eigenvalue weighted by Gasteiger charge is 2.75. The minimum Gasteiger partial charge on any atom is -0.507 e. The van der Waals surface area contributed by atoms with E-state index in [4.69, 9.17) is 0 Å². The van der Waals surface area contributed by atoms with E-state index >= 15 is 0 Å². The molecule has 0 aromatic heterocycles. The quantitative estimate of drug-likeness (QED) is 0.372. The van der Waals surface area contributed by atoms with Gasteiger partial charge in [-0.05, 0) is 154 Å². The van der Waals surface area contributed by atoms with Crippen molar-refractivity contribution in [1.82, 2.24) is 0 Å². The molecular formula is C34H49BrO. The van der Waals surface area contributed by atoms with Gasteiger partial charge in [-0.25, -0.2) is 0 Å². The molecular weight excluding hydrogens is 504 g/mol.